The molecule has 2 aliphatic rings. The van der Waals surface area contributed by atoms with Crippen molar-refractivity contribution in [1.29, 1.82) is 0 Å². The number of hydrogen-bond acceptors (Lipinski definition) is 5. The summed E-state index contributed by atoms with van der Waals surface area (Å²) >= 11 is 0. The number of aromatic nitrogens is 4. The molecule has 120 valence electrons. The van der Waals surface area contributed by atoms with Gasteiger partial charge in [-0.25, -0.2) is 9.97 Å². The second-order valence-corrected chi connectivity index (χ2v) is 6.76. The normalized spacial score (nSPS) is 24.2. The minimum atomic E-state index is 0.00116. The summed E-state index contributed by atoms with van der Waals surface area (Å²) in [4.78, 5) is 25.4. The van der Waals surface area contributed by atoms with E-state index in [1.54, 1.807) is 10.9 Å². The summed E-state index contributed by atoms with van der Waals surface area (Å²) in [6.07, 6.45) is 8.92. The number of rotatable bonds is 2. The fraction of sp³-hybridized carbons (Fsp3) is 0.500. The van der Waals surface area contributed by atoms with Crippen LogP contribution in [-0.4, -0.2) is 45.3 Å². The zero-order chi connectivity index (χ0) is 16.0. The largest absolute Gasteiger partial charge is 0.340 e. The average Bonchev–Trinajstić information content (AvgIpc) is 3.20. The van der Waals surface area contributed by atoms with Gasteiger partial charge in [0.25, 0.3) is 0 Å². The first-order valence-corrected chi connectivity index (χ1v) is 7.87. The number of amides is 1. The lowest BCUT2D eigenvalue weighted by atomic mass is 9.86. The summed E-state index contributed by atoms with van der Waals surface area (Å²) in [6.45, 7) is 4.46. The van der Waals surface area contributed by atoms with E-state index in [2.05, 4.69) is 20.0 Å². The van der Waals surface area contributed by atoms with Crippen molar-refractivity contribution in [3.63, 3.8) is 0 Å². The lowest BCUT2D eigenvalue weighted by Gasteiger charge is -2.23. The lowest BCUT2D eigenvalue weighted by molar-refractivity contribution is -0.117. The molecule has 0 bridgehead atoms. The van der Waals surface area contributed by atoms with Crippen molar-refractivity contribution in [3.05, 3.63) is 30.4 Å². The van der Waals surface area contributed by atoms with Gasteiger partial charge in [0.1, 0.15) is 0 Å². The van der Waals surface area contributed by atoms with E-state index in [1.807, 2.05) is 37.5 Å². The maximum atomic E-state index is 12.5. The molecule has 0 aromatic carbocycles. The summed E-state index contributed by atoms with van der Waals surface area (Å²) < 4.78 is 1.73. The Morgan fingerprint density at radius 1 is 1.17 bits per heavy atom. The van der Waals surface area contributed by atoms with E-state index in [0.29, 0.717) is 6.42 Å². The van der Waals surface area contributed by atoms with E-state index in [9.17, 15) is 4.79 Å². The highest BCUT2D eigenvalue weighted by Crippen LogP contribution is 2.42. The van der Waals surface area contributed by atoms with Gasteiger partial charge in [-0.05, 0) is 18.9 Å². The van der Waals surface area contributed by atoms with Crippen molar-refractivity contribution in [1.82, 2.24) is 19.7 Å². The molecule has 0 radical (unpaired) electrons. The molecule has 4 rings (SSSR count). The Bertz CT molecular complexity index is 739. The summed E-state index contributed by atoms with van der Waals surface area (Å²) in [5, 5.41) is 4.17. The van der Waals surface area contributed by atoms with E-state index in [0.717, 1.165) is 43.3 Å². The van der Waals surface area contributed by atoms with Gasteiger partial charge in [0, 0.05) is 57.1 Å². The first-order chi connectivity index (χ1) is 11.0. The van der Waals surface area contributed by atoms with Crippen molar-refractivity contribution in [2.24, 2.45) is 12.5 Å². The predicted octanol–water partition coefficient (Wildman–Crippen LogP) is 1.15. The molecule has 23 heavy (non-hydrogen) atoms. The maximum absolute atomic E-state index is 12.5. The Kier molecular flexibility index (Phi) is 3.11. The first kappa shape index (κ1) is 14.2. The third kappa shape index (κ3) is 2.46. The van der Waals surface area contributed by atoms with Crippen molar-refractivity contribution < 1.29 is 4.79 Å². The number of carbonyl (C=O) groups is 1. The topological polar surface area (TPSA) is 67.2 Å². The van der Waals surface area contributed by atoms with Crippen LogP contribution in [0, 0.1) is 12.3 Å². The molecule has 2 aromatic heterocycles. The van der Waals surface area contributed by atoms with Crippen LogP contribution in [0.3, 0.4) is 0 Å². The van der Waals surface area contributed by atoms with Crippen LogP contribution in [-0.2, 0) is 11.8 Å². The SMILES string of the molecule is Cc1cnc(N2CC[C@@]3(CC(=O)N(c4cnn(C)c4)C3)C2)nc1. The predicted molar refractivity (Wildman–Crippen MR) is 86.2 cm³/mol. The van der Waals surface area contributed by atoms with Gasteiger partial charge in [0.05, 0.1) is 11.9 Å². The molecule has 7 nitrogen and oxygen atoms in total. The van der Waals surface area contributed by atoms with Crippen LogP contribution in [0.25, 0.3) is 0 Å². The van der Waals surface area contributed by atoms with Crippen LogP contribution in [0.4, 0.5) is 11.6 Å². The fourth-order valence-electron chi connectivity index (χ4n) is 3.61. The monoisotopic (exact) mass is 312 g/mol. The van der Waals surface area contributed by atoms with E-state index >= 15 is 0 Å². The molecule has 2 saturated heterocycles. The Morgan fingerprint density at radius 3 is 2.65 bits per heavy atom. The van der Waals surface area contributed by atoms with E-state index < -0.39 is 0 Å². The van der Waals surface area contributed by atoms with Crippen molar-refractivity contribution in [2.75, 3.05) is 29.4 Å². The Morgan fingerprint density at radius 2 is 1.96 bits per heavy atom. The number of nitrogens with zero attached hydrogens (tertiary/aromatic N) is 6. The molecule has 1 spiro atoms. The maximum Gasteiger partial charge on any atom is 0.227 e. The highest BCUT2D eigenvalue weighted by molar-refractivity contribution is 5.96. The first-order valence-electron chi connectivity index (χ1n) is 7.87. The van der Waals surface area contributed by atoms with Gasteiger partial charge in [-0.15, -0.1) is 0 Å². The molecule has 1 atom stereocenters. The van der Waals surface area contributed by atoms with E-state index in [4.69, 9.17) is 0 Å². The van der Waals surface area contributed by atoms with Crippen LogP contribution >= 0.6 is 0 Å². The second kappa shape index (κ2) is 5.04. The smallest absolute Gasteiger partial charge is 0.227 e. The number of aryl methyl sites for hydroxylation is 2. The van der Waals surface area contributed by atoms with Gasteiger partial charge in [-0.1, -0.05) is 0 Å². The third-order valence-electron chi connectivity index (χ3n) is 4.81. The average molecular weight is 312 g/mol. The Labute approximate surface area is 134 Å². The molecule has 2 aliphatic heterocycles. The van der Waals surface area contributed by atoms with Gasteiger partial charge in [-0.3, -0.25) is 9.48 Å². The molecule has 0 saturated carbocycles. The summed E-state index contributed by atoms with van der Waals surface area (Å²) in [7, 11) is 1.87. The minimum Gasteiger partial charge on any atom is -0.340 e. The zero-order valence-electron chi connectivity index (χ0n) is 13.4. The van der Waals surface area contributed by atoms with Crippen LogP contribution in [0.2, 0.25) is 0 Å². The Balaban J connectivity index is 1.52. The van der Waals surface area contributed by atoms with Crippen molar-refractivity contribution in [3.8, 4) is 0 Å². The fourth-order valence-corrected chi connectivity index (χ4v) is 3.61. The highest BCUT2D eigenvalue weighted by Gasteiger charge is 2.48. The van der Waals surface area contributed by atoms with Crippen LogP contribution in [0.1, 0.15) is 18.4 Å². The van der Waals surface area contributed by atoms with E-state index in [1.165, 1.54) is 0 Å². The molecule has 4 heterocycles. The molecule has 2 fully saturated rings. The van der Waals surface area contributed by atoms with Crippen LogP contribution < -0.4 is 9.80 Å². The second-order valence-electron chi connectivity index (χ2n) is 6.76. The highest BCUT2D eigenvalue weighted by atomic mass is 16.2. The molecular weight excluding hydrogens is 292 g/mol. The third-order valence-corrected chi connectivity index (χ3v) is 4.81. The van der Waals surface area contributed by atoms with Gasteiger partial charge < -0.3 is 9.80 Å². The summed E-state index contributed by atoms with van der Waals surface area (Å²) in [5.74, 6) is 0.949. The van der Waals surface area contributed by atoms with Crippen molar-refractivity contribution in [2.45, 2.75) is 19.8 Å². The van der Waals surface area contributed by atoms with Gasteiger partial charge in [0.2, 0.25) is 11.9 Å². The standard InChI is InChI=1S/C16H20N6O/c1-12-6-17-15(18-7-12)21-4-3-16(10-21)5-14(23)22(11-16)13-8-19-20(2)9-13/h6-9H,3-5,10-11H2,1-2H3/t16-/m1/s1. The summed E-state index contributed by atoms with van der Waals surface area (Å²) in [5.41, 5.74) is 1.95. The quantitative estimate of drug-likeness (QED) is 0.832. The molecule has 0 N–H and O–H groups in total. The molecule has 1 amide bonds. The molecule has 2 aromatic rings. The number of carbonyl (C=O) groups excluding carboxylic acids is 1. The van der Waals surface area contributed by atoms with Gasteiger partial charge in [0.15, 0.2) is 0 Å². The molecule has 0 aliphatic carbocycles. The lowest BCUT2D eigenvalue weighted by Crippen LogP contribution is -2.31. The van der Waals surface area contributed by atoms with Gasteiger partial charge in [-0.2, -0.15) is 5.10 Å². The molecular formula is C16H20N6O. The summed E-state index contributed by atoms with van der Waals surface area (Å²) in [6, 6.07) is 0. The molecule has 7 heteroatoms. The zero-order valence-corrected chi connectivity index (χ0v) is 13.4. The van der Waals surface area contributed by atoms with Crippen molar-refractivity contribution >= 4 is 17.5 Å². The van der Waals surface area contributed by atoms with E-state index in [-0.39, 0.29) is 11.3 Å². The number of anilines is 2. The van der Waals surface area contributed by atoms with Crippen LogP contribution in [0.5, 0.6) is 0 Å². The minimum absolute atomic E-state index is 0.00116. The Hall–Kier alpha value is -2.44. The van der Waals surface area contributed by atoms with Gasteiger partial charge >= 0.3 is 0 Å². The molecule has 0 unspecified atom stereocenters. The van der Waals surface area contributed by atoms with Crippen LogP contribution in [0.15, 0.2) is 24.8 Å². The number of hydrogen-bond donors (Lipinski definition) is 0.